The average molecular weight is 307 g/mol. The molecule has 1 aliphatic rings. The normalized spacial score (nSPS) is 15.2. The van der Waals surface area contributed by atoms with Crippen molar-refractivity contribution in [2.24, 2.45) is 0 Å². The molecule has 0 saturated heterocycles. The largest absolute Gasteiger partial charge is 0.465 e. The molecule has 5 heteroatoms. The maximum atomic E-state index is 12.6. The molecule has 0 aliphatic carbocycles. The smallest absolute Gasteiger partial charge is 0.315 e. The van der Waals surface area contributed by atoms with Gasteiger partial charge in [-0.3, -0.25) is 9.59 Å². The number of rotatable bonds is 5. The molecule has 1 amide bonds. The second-order valence-electron chi connectivity index (χ2n) is 4.98. The minimum atomic E-state index is -0.263. The number of ether oxygens (including phenoxy) is 1. The van der Waals surface area contributed by atoms with Crippen LogP contribution in [-0.4, -0.2) is 36.0 Å². The fourth-order valence-electron chi connectivity index (χ4n) is 2.45. The Kier molecular flexibility index (Phi) is 5.67. The Hall–Kier alpha value is -1.49. The Bertz CT molecular complexity index is 518. The minimum Gasteiger partial charge on any atom is -0.465 e. The van der Waals surface area contributed by atoms with Crippen molar-refractivity contribution in [2.75, 3.05) is 23.8 Å². The van der Waals surface area contributed by atoms with Crippen LogP contribution in [0.5, 0.6) is 0 Å². The molecule has 21 heavy (non-hydrogen) atoms. The number of carbonyl (C=O) groups excluding carboxylic acids is 2. The molecule has 1 aliphatic heterocycles. The molecule has 4 nitrogen and oxygen atoms in total. The number of esters is 1. The summed E-state index contributed by atoms with van der Waals surface area (Å²) in [5.41, 5.74) is 2.23. The molecular weight excluding hydrogens is 286 g/mol. The van der Waals surface area contributed by atoms with Gasteiger partial charge in [0, 0.05) is 12.2 Å². The Morgan fingerprint density at radius 3 is 2.90 bits per heavy atom. The maximum Gasteiger partial charge on any atom is 0.315 e. The van der Waals surface area contributed by atoms with E-state index in [-0.39, 0.29) is 22.9 Å². The van der Waals surface area contributed by atoms with E-state index in [1.165, 1.54) is 17.3 Å². The highest BCUT2D eigenvalue weighted by molar-refractivity contribution is 8.01. The number of hydrogen-bond acceptors (Lipinski definition) is 4. The molecule has 0 bridgehead atoms. The van der Waals surface area contributed by atoms with Crippen molar-refractivity contribution in [1.29, 1.82) is 0 Å². The van der Waals surface area contributed by atoms with Gasteiger partial charge < -0.3 is 9.64 Å². The number of thioether (sulfide) groups is 1. The maximum absolute atomic E-state index is 12.6. The second-order valence-corrected chi connectivity index (χ2v) is 6.31. The number of anilines is 1. The SMILES string of the molecule is CCOC(=O)CSC(C)C(=O)N1CCCc2ccccc21. The van der Waals surface area contributed by atoms with Crippen molar-refractivity contribution in [1.82, 2.24) is 0 Å². The van der Waals surface area contributed by atoms with Crippen LogP contribution in [0.15, 0.2) is 24.3 Å². The van der Waals surface area contributed by atoms with Gasteiger partial charge in [-0.2, -0.15) is 0 Å². The van der Waals surface area contributed by atoms with Gasteiger partial charge in [0.05, 0.1) is 17.6 Å². The molecule has 0 radical (unpaired) electrons. The van der Waals surface area contributed by atoms with E-state index in [2.05, 4.69) is 6.07 Å². The summed E-state index contributed by atoms with van der Waals surface area (Å²) >= 11 is 1.34. The zero-order valence-corrected chi connectivity index (χ0v) is 13.3. The van der Waals surface area contributed by atoms with Gasteiger partial charge in [0.1, 0.15) is 0 Å². The van der Waals surface area contributed by atoms with E-state index in [1.54, 1.807) is 6.92 Å². The summed E-state index contributed by atoms with van der Waals surface area (Å²) in [4.78, 5) is 25.8. The van der Waals surface area contributed by atoms with Crippen molar-refractivity contribution >= 4 is 29.3 Å². The summed E-state index contributed by atoms with van der Waals surface area (Å²) in [5.74, 6) is 0.0219. The van der Waals surface area contributed by atoms with Gasteiger partial charge in [0.15, 0.2) is 0 Å². The van der Waals surface area contributed by atoms with E-state index in [9.17, 15) is 9.59 Å². The third-order valence-corrected chi connectivity index (χ3v) is 4.58. The third kappa shape index (κ3) is 4.00. The van der Waals surface area contributed by atoms with Crippen molar-refractivity contribution in [3.8, 4) is 0 Å². The van der Waals surface area contributed by atoms with Crippen LogP contribution in [-0.2, 0) is 20.7 Å². The molecular formula is C16H21NO3S. The summed E-state index contributed by atoms with van der Waals surface area (Å²) in [6.07, 6.45) is 2.00. The van der Waals surface area contributed by atoms with Crippen molar-refractivity contribution in [3.05, 3.63) is 29.8 Å². The lowest BCUT2D eigenvalue weighted by Gasteiger charge is -2.31. The molecule has 1 atom stereocenters. The highest BCUT2D eigenvalue weighted by Gasteiger charge is 2.26. The quantitative estimate of drug-likeness (QED) is 0.785. The van der Waals surface area contributed by atoms with Crippen LogP contribution < -0.4 is 4.90 Å². The Morgan fingerprint density at radius 1 is 1.38 bits per heavy atom. The van der Waals surface area contributed by atoms with Crippen molar-refractivity contribution in [2.45, 2.75) is 31.9 Å². The van der Waals surface area contributed by atoms with E-state index in [4.69, 9.17) is 4.74 Å². The summed E-state index contributed by atoms with van der Waals surface area (Å²) in [7, 11) is 0. The number of carbonyl (C=O) groups is 2. The van der Waals surface area contributed by atoms with Gasteiger partial charge >= 0.3 is 5.97 Å². The molecule has 1 heterocycles. The molecule has 0 N–H and O–H groups in total. The molecule has 2 rings (SSSR count). The van der Waals surface area contributed by atoms with Crippen LogP contribution in [0.3, 0.4) is 0 Å². The molecule has 1 aromatic carbocycles. The number of benzene rings is 1. The van der Waals surface area contributed by atoms with E-state index in [0.717, 1.165) is 25.1 Å². The third-order valence-electron chi connectivity index (χ3n) is 3.48. The van der Waals surface area contributed by atoms with Gasteiger partial charge in [-0.05, 0) is 38.3 Å². The van der Waals surface area contributed by atoms with Crippen LogP contribution in [0.4, 0.5) is 5.69 Å². The van der Waals surface area contributed by atoms with Crippen LogP contribution >= 0.6 is 11.8 Å². The summed E-state index contributed by atoms with van der Waals surface area (Å²) in [5, 5.41) is -0.249. The van der Waals surface area contributed by atoms with E-state index >= 15 is 0 Å². The standard InChI is InChI=1S/C16H21NO3S/c1-3-20-15(18)11-21-12(2)16(19)17-10-6-8-13-7-4-5-9-14(13)17/h4-5,7,9,12H,3,6,8,10-11H2,1-2H3. The summed E-state index contributed by atoms with van der Waals surface area (Å²) in [6.45, 7) is 4.76. The van der Waals surface area contributed by atoms with Crippen LogP contribution in [0, 0.1) is 0 Å². The lowest BCUT2D eigenvalue weighted by molar-refractivity contribution is -0.139. The molecule has 0 aromatic heterocycles. The number of para-hydroxylation sites is 1. The highest BCUT2D eigenvalue weighted by Crippen LogP contribution is 2.28. The van der Waals surface area contributed by atoms with Crippen LogP contribution in [0.1, 0.15) is 25.8 Å². The molecule has 1 aromatic rings. The minimum absolute atomic E-state index is 0.0662. The predicted octanol–water partition coefficient (Wildman–Crippen LogP) is 2.65. The van der Waals surface area contributed by atoms with Crippen molar-refractivity contribution < 1.29 is 14.3 Å². The molecule has 0 saturated carbocycles. The Morgan fingerprint density at radius 2 is 2.14 bits per heavy atom. The zero-order valence-electron chi connectivity index (χ0n) is 12.5. The topological polar surface area (TPSA) is 46.6 Å². The summed E-state index contributed by atoms with van der Waals surface area (Å²) in [6, 6.07) is 8.03. The van der Waals surface area contributed by atoms with E-state index < -0.39 is 0 Å². The number of fused-ring (bicyclic) bond motifs is 1. The monoisotopic (exact) mass is 307 g/mol. The second kappa shape index (κ2) is 7.50. The van der Waals surface area contributed by atoms with Gasteiger partial charge in [0.2, 0.25) is 5.91 Å². The molecule has 0 spiro atoms. The zero-order chi connectivity index (χ0) is 15.2. The van der Waals surface area contributed by atoms with Crippen molar-refractivity contribution in [3.63, 3.8) is 0 Å². The lowest BCUT2D eigenvalue weighted by Crippen LogP contribution is -2.40. The Balaban J connectivity index is 1.99. The first kappa shape index (κ1) is 15.9. The first-order valence-electron chi connectivity index (χ1n) is 7.30. The van der Waals surface area contributed by atoms with Gasteiger partial charge in [-0.15, -0.1) is 11.8 Å². The fourth-order valence-corrected chi connectivity index (χ4v) is 3.19. The number of nitrogens with zero attached hydrogens (tertiary/aromatic N) is 1. The molecule has 1 unspecified atom stereocenters. The first-order chi connectivity index (χ1) is 10.1. The van der Waals surface area contributed by atoms with Crippen LogP contribution in [0.2, 0.25) is 0 Å². The lowest BCUT2D eigenvalue weighted by atomic mass is 10.0. The van der Waals surface area contributed by atoms with E-state index in [0.29, 0.717) is 6.61 Å². The van der Waals surface area contributed by atoms with Gasteiger partial charge in [-0.25, -0.2) is 0 Å². The molecule has 114 valence electrons. The predicted molar refractivity (Wildman–Crippen MR) is 85.7 cm³/mol. The Labute approximate surface area is 129 Å². The first-order valence-corrected chi connectivity index (χ1v) is 8.35. The molecule has 0 fully saturated rings. The van der Waals surface area contributed by atoms with Gasteiger partial charge in [-0.1, -0.05) is 18.2 Å². The number of hydrogen-bond donors (Lipinski definition) is 0. The van der Waals surface area contributed by atoms with E-state index in [1.807, 2.05) is 30.0 Å². The van der Waals surface area contributed by atoms with Gasteiger partial charge in [0.25, 0.3) is 0 Å². The highest BCUT2D eigenvalue weighted by atomic mass is 32.2. The fraction of sp³-hybridized carbons (Fsp3) is 0.500. The van der Waals surface area contributed by atoms with Crippen LogP contribution in [0.25, 0.3) is 0 Å². The number of aryl methyl sites for hydroxylation is 1. The number of amides is 1. The average Bonchev–Trinajstić information content (AvgIpc) is 2.51. The summed E-state index contributed by atoms with van der Waals surface area (Å²) < 4.78 is 4.89.